The van der Waals surface area contributed by atoms with Gasteiger partial charge in [0.15, 0.2) is 0 Å². The molecule has 0 aliphatic heterocycles. The first kappa shape index (κ1) is 17.6. The highest BCUT2D eigenvalue weighted by molar-refractivity contribution is 5.93. The van der Waals surface area contributed by atoms with E-state index in [1.807, 2.05) is 30.3 Å². The van der Waals surface area contributed by atoms with Gasteiger partial charge in [0.1, 0.15) is 0 Å². The normalized spacial score (nSPS) is 10.7. The van der Waals surface area contributed by atoms with E-state index >= 15 is 0 Å². The average molecular weight is 351 g/mol. The van der Waals surface area contributed by atoms with Gasteiger partial charge in [0, 0.05) is 6.54 Å². The summed E-state index contributed by atoms with van der Waals surface area (Å²) in [6.07, 6.45) is 1.59. The topological polar surface area (TPSA) is 102 Å². The highest BCUT2D eigenvalue weighted by Crippen LogP contribution is 2.10. The predicted octanol–water partition coefficient (Wildman–Crippen LogP) is 1.74. The van der Waals surface area contributed by atoms with Crippen LogP contribution in [0.25, 0.3) is 10.9 Å². The molecule has 0 fully saturated rings. The second-order valence-electron chi connectivity index (χ2n) is 5.82. The molecule has 0 atom stereocenters. The largest absolute Gasteiger partial charge is 0.349 e. The second-order valence-corrected chi connectivity index (χ2v) is 5.82. The van der Waals surface area contributed by atoms with Crippen LogP contribution in [0.1, 0.15) is 23.5 Å². The maximum Gasteiger partial charge on any atom is 0.289 e. The minimum Gasteiger partial charge on any atom is -0.349 e. The molecule has 134 valence electrons. The number of rotatable bonds is 7. The SMILES string of the molecule is NCCCCNC(=O)c1nc2ccccc2c(=O)n1Nc1ccccc1. The van der Waals surface area contributed by atoms with E-state index < -0.39 is 5.91 Å². The fourth-order valence-corrected chi connectivity index (χ4v) is 2.58. The van der Waals surface area contributed by atoms with Crippen LogP contribution >= 0.6 is 0 Å². The van der Waals surface area contributed by atoms with Crippen LogP contribution in [0.15, 0.2) is 59.4 Å². The molecule has 1 aromatic heterocycles. The molecule has 4 N–H and O–H groups in total. The number of nitrogens with zero attached hydrogens (tertiary/aromatic N) is 2. The lowest BCUT2D eigenvalue weighted by Crippen LogP contribution is -2.37. The Kier molecular flexibility index (Phi) is 5.60. The van der Waals surface area contributed by atoms with Gasteiger partial charge in [-0.3, -0.25) is 15.0 Å². The van der Waals surface area contributed by atoms with Crippen LogP contribution in [0.5, 0.6) is 0 Å². The summed E-state index contributed by atoms with van der Waals surface area (Å²) in [7, 11) is 0. The minimum atomic E-state index is -0.409. The molecule has 0 aliphatic carbocycles. The molecule has 1 amide bonds. The number of aromatic nitrogens is 2. The van der Waals surface area contributed by atoms with Crippen LogP contribution in [0.3, 0.4) is 0 Å². The van der Waals surface area contributed by atoms with Crippen molar-refractivity contribution in [1.82, 2.24) is 15.0 Å². The molecule has 0 spiro atoms. The molecular weight excluding hydrogens is 330 g/mol. The second kappa shape index (κ2) is 8.26. The minimum absolute atomic E-state index is 0.0188. The smallest absolute Gasteiger partial charge is 0.289 e. The number of carbonyl (C=O) groups excluding carboxylic acids is 1. The number of fused-ring (bicyclic) bond motifs is 1. The fourth-order valence-electron chi connectivity index (χ4n) is 2.58. The van der Waals surface area contributed by atoms with Gasteiger partial charge in [-0.2, -0.15) is 4.68 Å². The van der Waals surface area contributed by atoms with E-state index in [4.69, 9.17) is 5.73 Å². The van der Waals surface area contributed by atoms with E-state index in [9.17, 15) is 9.59 Å². The van der Waals surface area contributed by atoms with Gasteiger partial charge in [0.25, 0.3) is 11.5 Å². The molecule has 1 heterocycles. The third-order valence-corrected chi connectivity index (χ3v) is 3.91. The zero-order valence-corrected chi connectivity index (χ0v) is 14.3. The number of hydrogen-bond donors (Lipinski definition) is 3. The maximum absolute atomic E-state index is 12.9. The van der Waals surface area contributed by atoms with Crippen molar-refractivity contribution in [2.45, 2.75) is 12.8 Å². The summed E-state index contributed by atoms with van der Waals surface area (Å²) in [5, 5.41) is 3.24. The van der Waals surface area contributed by atoms with Crippen LogP contribution in [-0.4, -0.2) is 28.7 Å². The molecule has 0 saturated carbocycles. The highest BCUT2D eigenvalue weighted by atomic mass is 16.2. The number of carbonyl (C=O) groups is 1. The van der Waals surface area contributed by atoms with Gasteiger partial charge in [-0.05, 0) is 43.7 Å². The molecule has 0 radical (unpaired) electrons. The molecule has 0 saturated heterocycles. The van der Waals surface area contributed by atoms with Crippen molar-refractivity contribution in [3.63, 3.8) is 0 Å². The predicted molar refractivity (Wildman–Crippen MR) is 102 cm³/mol. The molecule has 0 aliphatic rings. The molecule has 2 aromatic carbocycles. The van der Waals surface area contributed by atoms with E-state index in [2.05, 4.69) is 15.7 Å². The quantitative estimate of drug-likeness (QED) is 0.563. The summed E-state index contributed by atoms with van der Waals surface area (Å²) in [5.74, 6) is -0.390. The van der Waals surface area contributed by atoms with E-state index in [0.717, 1.165) is 12.8 Å². The molecular formula is C19H21N5O2. The first-order chi connectivity index (χ1) is 12.7. The Bertz CT molecular complexity index is 953. The number of nitrogens with two attached hydrogens (primary N) is 1. The standard InChI is InChI=1S/C19H21N5O2/c20-12-6-7-13-21-18(25)17-22-16-11-5-4-10-15(16)19(26)24(17)23-14-8-2-1-3-9-14/h1-5,8-11,23H,6-7,12-13,20H2,(H,21,25). The summed E-state index contributed by atoms with van der Waals surface area (Å²) < 4.78 is 1.19. The summed E-state index contributed by atoms with van der Waals surface area (Å²) in [5.41, 5.74) is 9.28. The fraction of sp³-hybridized carbons (Fsp3) is 0.211. The number of hydrogen-bond acceptors (Lipinski definition) is 5. The Morgan fingerprint density at radius 1 is 1.04 bits per heavy atom. The lowest BCUT2D eigenvalue weighted by molar-refractivity contribution is 0.0939. The Balaban J connectivity index is 2.00. The van der Waals surface area contributed by atoms with Crippen LogP contribution in [0.4, 0.5) is 5.69 Å². The van der Waals surface area contributed by atoms with Gasteiger partial charge in [0.2, 0.25) is 5.82 Å². The number of nitrogens with one attached hydrogen (secondary N) is 2. The van der Waals surface area contributed by atoms with Crippen molar-refractivity contribution in [2.24, 2.45) is 5.73 Å². The Morgan fingerprint density at radius 2 is 1.77 bits per heavy atom. The lowest BCUT2D eigenvalue weighted by atomic mass is 10.2. The summed E-state index contributed by atoms with van der Waals surface area (Å²) >= 11 is 0. The molecule has 3 rings (SSSR count). The van der Waals surface area contributed by atoms with Crippen LogP contribution in [-0.2, 0) is 0 Å². The van der Waals surface area contributed by atoms with Gasteiger partial charge in [-0.25, -0.2) is 4.98 Å². The van der Waals surface area contributed by atoms with Gasteiger partial charge >= 0.3 is 0 Å². The highest BCUT2D eigenvalue weighted by Gasteiger charge is 2.17. The van der Waals surface area contributed by atoms with Crippen LogP contribution in [0, 0.1) is 0 Å². The molecule has 3 aromatic rings. The van der Waals surface area contributed by atoms with E-state index in [1.165, 1.54) is 4.68 Å². The van der Waals surface area contributed by atoms with Gasteiger partial charge in [-0.15, -0.1) is 0 Å². The van der Waals surface area contributed by atoms with E-state index in [1.54, 1.807) is 24.3 Å². The number of amides is 1. The number of unbranched alkanes of at least 4 members (excludes halogenated alkanes) is 1. The zero-order chi connectivity index (χ0) is 18.4. The van der Waals surface area contributed by atoms with Crippen molar-refractivity contribution in [3.05, 3.63) is 70.8 Å². The van der Waals surface area contributed by atoms with Crippen molar-refractivity contribution in [3.8, 4) is 0 Å². The molecule has 26 heavy (non-hydrogen) atoms. The number of anilines is 1. The third kappa shape index (κ3) is 3.89. The van der Waals surface area contributed by atoms with Crippen LogP contribution in [0.2, 0.25) is 0 Å². The Hall–Kier alpha value is -3.19. The van der Waals surface area contributed by atoms with Gasteiger partial charge in [0.05, 0.1) is 16.6 Å². The summed E-state index contributed by atoms with van der Waals surface area (Å²) in [6.45, 7) is 1.05. The third-order valence-electron chi connectivity index (χ3n) is 3.91. The first-order valence-electron chi connectivity index (χ1n) is 8.53. The van der Waals surface area contributed by atoms with E-state index in [0.29, 0.717) is 29.7 Å². The Morgan fingerprint density at radius 3 is 2.54 bits per heavy atom. The lowest BCUT2D eigenvalue weighted by Gasteiger charge is -2.15. The van der Waals surface area contributed by atoms with Gasteiger partial charge in [-0.1, -0.05) is 30.3 Å². The van der Waals surface area contributed by atoms with Gasteiger partial charge < -0.3 is 11.1 Å². The number of benzene rings is 2. The number of para-hydroxylation sites is 2. The Labute approximate surface area is 150 Å². The molecule has 0 bridgehead atoms. The van der Waals surface area contributed by atoms with Crippen molar-refractivity contribution in [2.75, 3.05) is 18.5 Å². The average Bonchev–Trinajstić information content (AvgIpc) is 2.68. The van der Waals surface area contributed by atoms with Crippen molar-refractivity contribution >= 4 is 22.5 Å². The maximum atomic E-state index is 12.9. The molecule has 7 nitrogen and oxygen atoms in total. The monoisotopic (exact) mass is 351 g/mol. The van der Waals surface area contributed by atoms with Crippen molar-refractivity contribution in [1.29, 1.82) is 0 Å². The van der Waals surface area contributed by atoms with Crippen LogP contribution < -0.4 is 22.0 Å². The molecule has 0 unspecified atom stereocenters. The molecule has 7 heteroatoms. The van der Waals surface area contributed by atoms with Crippen molar-refractivity contribution < 1.29 is 4.79 Å². The summed E-state index contributed by atoms with van der Waals surface area (Å²) in [4.78, 5) is 29.9. The summed E-state index contributed by atoms with van der Waals surface area (Å²) in [6, 6.07) is 16.1. The zero-order valence-electron chi connectivity index (χ0n) is 14.3. The first-order valence-corrected chi connectivity index (χ1v) is 8.53. The van der Waals surface area contributed by atoms with E-state index in [-0.39, 0.29) is 11.4 Å².